The van der Waals surface area contributed by atoms with Gasteiger partial charge in [-0.1, -0.05) is 6.07 Å². The fourth-order valence-corrected chi connectivity index (χ4v) is 2.09. The molecular weight excluding hydrogens is 202 g/mol. The lowest BCUT2D eigenvalue weighted by atomic mass is 10.1. The molecule has 4 nitrogen and oxygen atoms in total. The van der Waals surface area contributed by atoms with E-state index in [4.69, 9.17) is 4.74 Å². The molecule has 74 valence electrons. The SMILES string of the molecule is COC(=O)[C@@H]1N=COC1c1cccs1. The van der Waals surface area contributed by atoms with Crippen molar-refractivity contribution in [1.82, 2.24) is 0 Å². The maximum atomic E-state index is 11.3. The molecule has 2 heterocycles. The van der Waals surface area contributed by atoms with Crippen LogP contribution in [-0.2, 0) is 14.3 Å². The van der Waals surface area contributed by atoms with Crippen LogP contribution in [0.1, 0.15) is 11.0 Å². The molecule has 1 aliphatic rings. The summed E-state index contributed by atoms with van der Waals surface area (Å²) in [6.45, 7) is 0. The standard InChI is InChI=1S/C9H9NO3S/c1-12-9(11)7-8(13-5-10-7)6-3-2-4-14-6/h2-5,7-8H,1H3/t7-,8?/m1/s1. The summed E-state index contributed by atoms with van der Waals surface area (Å²) in [6.07, 6.45) is 0.994. The Labute approximate surface area is 85.2 Å². The number of hydrogen-bond acceptors (Lipinski definition) is 5. The largest absolute Gasteiger partial charge is 0.472 e. The van der Waals surface area contributed by atoms with Crippen LogP contribution in [0.15, 0.2) is 22.5 Å². The number of nitrogens with zero attached hydrogens (tertiary/aromatic N) is 1. The normalized spacial score (nSPS) is 24.6. The van der Waals surface area contributed by atoms with E-state index in [0.717, 1.165) is 4.88 Å². The lowest BCUT2D eigenvalue weighted by Crippen LogP contribution is -2.24. The molecule has 1 aromatic rings. The van der Waals surface area contributed by atoms with Crippen LogP contribution in [-0.4, -0.2) is 25.5 Å². The van der Waals surface area contributed by atoms with Gasteiger partial charge in [-0.25, -0.2) is 9.79 Å². The molecule has 1 aliphatic heterocycles. The monoisotopic (exact) mass is 211 g/mol. The Morgan fingerprint density at radius 1 is 1.71 bits per heavy atom. The average Bonchev–Trinajstić information content (AvgIpc) is 2.85. The number of aliphatic imine (C=N–C) groups is 1. The van der Waals surface area contributed by atoms with Gasteiger partial charge in [0.2, 0.25) is 0 Å². The molecular formula is C9H9NO3S. The second-order valence-corrected chi connectivity index (χ2v) is 3.77. The van der Waals surface area contributed by atoms with Gasteiger partial charge in [-0.15, -0.1) is 11.3 Å². The van der Waals surface area contributed by atoms with Crippen molar-refractivity contribution in [3.8, 4) is 0 Å². The summed E-state index contributed by atoms with van der Waals surface area (Å²) in [7, 11) is 1.35. The van der Waals surface area contributed by atoms with Gasteiger partial charge < -0.3 is 9.47 Å². The van der Waals surface area contributed by atoms with Crippen LogP contribution in [0.3, 0.4) is 0 Å². The lowest BCUT2D eigenvalue weighted by molar-refractivity contribution is -0.143. The first-order chi connectivity index (χ1) is 6.83. The third kappa shape index (κ3) is 1.50. The molecule has 1 unspecified atom stereocenters. The van der Waals surface area contributed by atoms with E-state index in [1.807, 2.05) is 17.5 Å². The van der Waals surface area contributed by atoms with Crippen LogP contribution >= 0.6 is 11.3 Å². The van der Waals surface area contributed by atoms with E-state index in [9.17, 15) is 4.79 Å². The van der Waals surface area contributed by atoms with E-state index in [2.05, 4.69) is 9.73 Å². The van der Waals surface area contributed by atoms with Crippen molar-refractivity contribution < 1.29 is 14.3 Å². The zero-order chi connectivity index (χ0) is 9.97. The molecule has 2 atom stereocenters. The van der Waals surface area contributed by atoms with E-state index in [-0.39, 0.29) is 12.1 Å². The molecule has 5 heteroatoms. The highest BCUT2D eigenvalue weighted by Gasteiger charge is 2.35. The molecule has 0 bridgehead atoms. The predicted octanol–water partition coefficient (Wildman–Crippen LogP) is 1.39. The molecule has 0 spiro atoms. The van der Waals surface area contributed by atoms with Crippen molar-refractivity contribution in [2.75, 3.05) is 7.11 Å². The summed E-state index contributed by atoms with van der Waals surface area (Å²) in [5, 5.41) is 1.94. The molecule has 0 saturated carbocycles. The predicted molar refractivity (Wildman–Crippen MR) is 52.4 cm³/mol. The summed E-state index contributed by atoms with van der Waals surface area (Å²) < 4.78 is 9.89. The topological polar surface area (TPSA) is 47.9 Å². The number of methoxy groups -OCH3 is 1. The first-order valence-electron chi connectivity index (χ1n) is 4.11. The Morgan fingerprint density at radius 2 is 2.57 bits per heavy atom. The Balaban J connectivity index is 2.18. The smallest absolute Gasteiger partial charge is 0.335 e. The second kappa shape index (κ2) is 3.79. The lowest BCUT2D eigenvalue weighted by Gasteiger charge is -2.13. The van der Waals surface area contributed by atoms with Crippen LogP contribution < -0.4 is 0 Å². The third-order valence-electron chi connectivity index (χ3n) is 1.98. The number of esters is 1. The highest BCUT2D eigenvalue weighted by Crippen LogP contribution is 2.30. The molecule has 0 N–H and O–H groups in total. The van der Waals surface area contributed by atoms with Crippen LogP contribution in [0.5, 0.6) is 0 Å². The van der Waals surface area contributed by atoms with Gasteiger partial charge in [0.25, 0.3) is 0 Å². The fraction of sp³-hybridized carbons (Fsp3) is 0.333. The summed E-state index contributed by atoms with van der Waals surface area (Å²) in [5.74, 6) is -0.364. The van der Waals surface area contributed by atoms with Crippen molar-refractivity contribution in [2.45, 2.75) is 12.1 Å². The number of rotatable bonds is 2. The summed E-state index contributed by atoms with van der Waals surface area (Å²) in [4.78, 5) is 16.2. The average molecular weight is 211 g/mol. The molecule has 2 rings (SSSR count). The first-order valence-corrected chi connectivity index (χ1v) is 4.99. The highest BCUT2D eigenvalue weighted by atomic mass is 32.1. The molecule has 0 aromatic carbocycles. The van der Waals surface area contributed by atoms with Crippen LogP contribution in [0.25, 0.3) is 0 Å². The first kappa shape index (κ1) is 9.21. The minimum absolute atomic E-state index is 0.317. The molecule has 0 saturated heterocycles. The zero-order valence-electron chi connectivity index (χ0n) is 7.54. The fourth-order valence-electron chi connectivity index (χ4n) is 1.30. The molecule has 0 fully saturated rings. The van der Waals surface area contributed by atoms with Crippen molar-refractivity contribution in [1.29, 1.82) is 0 Å². The summed E-state index contributed by atoms with van der Waals surface area (Å²) in [5.41, 5.74) is 0. The maximum absolute atomic E-state index is 11.3. The van der Waals surface area contributed by atoms with Crippen molar-refractivity contribution in [3.63, 3.8) is 0 Å². The summed E-state index contributed by atoms with van der Waals surface area (Å²) >= 11 is 1.54. The van der Waals surface area contributed by atoms with E-state index in [1.165, 1.54) is 24.8 Å². The van der Waals surface area contributed by atoms with Crippen molar-refractivity contribution in [3.05, 3.63) is 22.4 Å². The zero-order valence-corrected chi connectivity index (χ0v) is 8.36. The van der Waals surface area contributed by atoms with Crippen LogP contribution in [0, 0.1) is 0 Å². The number of carbonyl (C=O) groups excluding carboxylic acids is 1. The quantitative estimate of drug-likeness (QED) is 0.694. The van der Waals surface area contributed by atoms with Gasteiger partial charge in [0.15, 0.2) is 18.5 Å². The number of carbonyl (C=O) groups is 1. The van der Waals surface area contributed by atoms with Crippen LogP contribution in [0.2, 0.25) is 0 Å². The molecule has 0 radical (unpaired) electrons. The highest BCUT2D eigenvalue weighted by molar-refractivity contribution is 7.10. The van der Waals surface area contributed by atoms with E-state index < -0.39 is 6.04 Å². The minimum Gasteiger partial charge on any atom is -0.472 e. The van der Waals surface area contributed by atoms with Gasteiger partial charge in [0, 0.05) is 4.88 Å². The van der Waals surface area contributed by atoms with Crippen molar-refractivity contribution in [2.24, 2.45) is 4.99 Å². The number of hydrogen-bond donors (Lipinski definition) is 0. The van der Waals surface area contributed by atoms with Crippen molar-refractivity contribution >= 4 is 23.7 Å². The maximum Gasteiger partial charge on any atom is 0.335 e. The Morgan fingerprint density at radius 3 is 3.21 bits per heavy atom. The summed E-state index contributed by atoms with van der Waals surface area (Å²) in [6, 6.07) is 3.27. The molecule has 0 aliphatic carbocycles. The Bertz CT molecular complexity index is 347. The van der Waals surface area contributed by atoms with E-state index >= 15 is 0 Å². The van der Waals surface area contributed by atoms with Gasteiger partial charge in [-0.2, -0.15) is 0 Å². The van der Waals surface area contributed by atoms with E-state index in [1.54, 1.807) is 0 Å². The Kier molecular flexibility index (Phi) is 2.49. The second-order valence-electron chi connectivity index (χ2n) is 2.79. The van der Waals surface area contributed by atoms with Gasteiger partial charge >= 0.3 is 5.97 Å². The van der Waals surface area contributed by atoms with Gasteiger partial charge in [-0.05, 0) is 11.4 Å². The van der Waals surface area contributed by atoms with E-state index in [0.29, 0.717) is 0 Å². The van der Waals surface area contributed by atoms with Gasteiger partial charge in [0.05, 0.1) is 7.11 Å². The van der Waals surface area contributed by atoms with Crippen LogP contribution in [0.4, 0.5) is 0 Å². The van der Waals surface area contributed by atoms with Gasteiger partial charge in [-0.3, -0.25) is 0 Å². The molecule has 1 aromatic heterocycles. The Hall–Kier alpha value is -1.36. The number of thiophene rings is 1. The molecule has 0 amide bonds. The molecule has 14 heavy (non-hydrogen) atoms. The third-order valence-corrected chi connectivity index (χ3v) is 2.92. The number of ether oxygens (including phenoxy) is 2. The minimum atomic E-state index is -0.557. The van der Waals surface area contributed by atoms with Gasteiger partial charge in [0.1, 0.15) is 0 Å².